The van der Waals surface area contributed by atoms with E-state index in [1.165, 1.54) is 0 Å². The Bertz CT molecular complexity index is 418. The fourth-order valence-electron chi connectivity index (χ4n) is 1.64. The molecule has 0 atom stereocenters. The van der Waals surface area contributed by atoms with E-state index in [2.05, 4.69) is 12.1 Å². The number of amides is 2. The van der Waals surface area contributed by atoms with Gasteiger partial charge in [0.2, 0.25) is 0 Å². The van der Waals surface area contributed by atoms with E-state index in [-0.39, 0.29) is 23.9 Å². The fourth-order valence-corrected chi connectivity index (χ4v) is 1.64. The van der Waals surface area contributed by atoms with Crippen molar-refractivity contribution in [2.75, 3.05) is 6.54 Å². The standard InChI is InChI=1S/C12H9NO3/c14-8-4-3-7-13-11(15)9-5-1-2-6-10(9)12(13)16/h1,5,8H,3-4,7H2. The van der Waals surface area contributed by atoms with E-state index in [0.717, 1.165) is 11.2 Å². The number of hydrogen-bond acceptors (Lipinski definition) is 3. The molecule has 0 aromatic heterocycles. The third-order valence-electron chi connectivity index (χ3n) is 2.44. The van der Waals surface area contributed by atoms with Crippen LogP contribution in [0.5, 0.6) is 0 Å². The number of imide groups is 1. The molecule has 0 fully saturated rings. The van der Waals surface area contributed by atoms with Gasteiger partial charge in [0.25, 0.3) is 11.8 Å². The van der Waals surface area contributed by atoms with E-state index in [4.69, 9.17) is 0 Å². The minimum absolute atomic E-state index is 0.276. The maximum Gasteiger partial charge on any atom is 0.270 e. The molecule has 80 valence electrons. The second kappa shape index (κ2) is 4.15. The largest absolute Gasteiger partial charge is 0.303 e. The van der Waals surface area contributed by atoms with Gasteiger partial charge < -0.3 is 4.79 Å². The molecule has 0 spiro atoms. The molecule has 1 aliphatic heterocycles. The predicted octanol–water partition coefficient (Wildman–Crippen LogP) is 0.862. The highest BCUT2D eigenvalue weighted by Gasteiger charge is 2.34. The van der Waals surface area contributed by atoms with E-state index in [1.54, 1.807) is 12.1 Å². The minimum atomic E-state index is -0.345. The van der Waals surface area contributed by atoms with Gasteiger partial charge in [-0.15, -0.1) is 0 Å². The SMILES string of the molecule is O=CCCCN1C(=O)c2c#cccc2C1=O. The van der Waals surface area contributed by atoms with Crippen LogP contribution < -0.4 is 0 Å². The molecular weight excluding hydrogens is 206 g/mol. The lowest BCUT2D eigenvalue weighted by atomic mass is 10.2. The highest BCUT2D eigenvalue weighted by Crippen LogP contribution is 2.20. The van der Waals surface area contributed by atoms with Crippen molar-refractivity contribution < 1.29 is 14.4 Å². The van der Waals surface area contributed by atoms with Gasteiger partial charge in [0.15, 0.2) is 0 Å². The number of nitrogens with zero attached hydrogens (tertiary/aromatic N) is 1. The summed E-state index contributed by atoms with van der Waals surface area (Å²) in [5.41, 5.74) is 0.647. The summed E-state index contributed by atoms with van der Waals surface area (Å²) in [6.45, 7) is 0.277. The van der Waals surface area contributed by atoms with Gasteiger partial charge in [-0.2, -0.15) is 0 Å². The molecule has 0 bridgehead atoms. The van der Waals surface area contributed by atoms with Crippen LogP contribution in [0.1, 0.15) is 33.6 Å². The van der Waals surface area contributed by atoms with Gasteiger partial charge in [0, 0.05) is 13.0 Å². The number of carbonyl (C=O) groups excluding carboxylic acids is 3. The van der Waals surface area contributed by atoms with Gasteiger partial charge in [0.1, 0.15) is 11.8 Å². The third kappa shape index (κ3) is 1.57. The summed E-state index contributed by atoms with van der Waals surface area (Å²) >= 11 is 0. The molecular formula is C12H9NO3. The average molecular weight is 215 g/mol. The van der Waals surface area contributed by atoms with Crippen molar-refractivity contribution in [3.8, 4) is 0 Å². The van der Waals surface area contributed by atoms with Crippen molar-refractivity contribution in [1.29, 1.82) is 0 Å². The van der Waals surface area contributed by atoms with Gasteiger partial charge in [-0.25, -0.2) is 0 Å². The summed E-state index contributed by atoms with van der Waals surface area (Å²) in [5.74, 6) is -0.654. The van der Waals surface area contributed by atoms with Crippen LogP contribution in [-0.2, 0) is 4.79 Å². The molecule has 0 radical (unpaired) electrons. The van der Waals surface area contributed by atoms with Crippen LogP contribution in [0, 0.1) is 12.1 Å². The normalized spacial score (nSPS) is 13.6. The van der Waals surface area contributed by atoms with Crippen molar-refractivity contribution in [2.24, 2.45) is 0 Å². The van der Waals surface area contributed by atoms with Crippen molar-refractivity contribution >= 4 is 18.1 Å². The maximum absolute atomic E-state index is 11.8. The molecule has 4 nitrogen and oxygen atoms in total. The van der Waals surface area contributed by atoms with Crippen LogP contribution in [0.25, 0.3) is 0 Å². The van der Waals surface area contributed by atoms with Crippen LogP contribution in [-0.4, -0.2) is 29.5 Å². The summed E-state index contributed by atoms with van der Waals surface area (Å²) in [4.78, 5) is 34.9. The first-order valence-electron chi connectivity index (χ1n) is 4.98. The Labute approximate surface area is 92.9 Å². The first-order valence-corrected chi connectivity index (χ1v) is 4.98. The smallest absolute Gasteiger partial charge is 0.270 e. The van der Waals surface area contributed by atoms with Crippen LogP contribution in [0.4, 0.5) is 0 Å². The van der Waals surface area contributed by atoms with E-state index in [1.807, 2.05) is 0 Å². The zero-order valence-corrected chi connectivity index (χ0v) is 8.53. The fraction of sp³-hybridized carbons (Fsp3) is 0.250. The van der Waals surface area contributed by atoms with Crippen molar-refractivity contribution in [3.05, 3.63) is 35.4 Å². The van der Waals surface area contributed by atoms with E-state index < -0.39 is 0 Å². The summed E-state index contributed by atoms with van der Waals surface area (Å²) in [5, 5.41) is 0. The number of rotatable bonds is 4. The molecule has 0 saturated carbocycles. The Kier molecular flexibility index (Phi) is 2.69. The molecule has 0 N–H and O–H groups in total. The van der Waals surface area contributed by atoms with Gasteiger partial charge in [0.05, 0.1) is 5.56 Å². The Morgan fingerprint density at radius 3 is 2.81 bits per heavy atom. The van der Waals surface area contributed by atoms with Gasteiger partial charge >= 0.3 is 0 Å². The van der Waals surface area contributed by atoms with Crippen LogP contribution in [0.2, 0.25) is 0 Å². The maximum atomic E-state index is 11.8. The summed E-state index contributed by atoms with van der Waals surface area (Å²) in [6.07, 6.45) is 1.62. The minimum Gasteiger partial charge on any atom is -0.303 e. The highest BCUT2D eigenvalue weighted by atomic mass is 16.2. The molecule has 1 aromatic carbocycles. The molecule has 0 unspecified atom stereocenters. The zero-order valence-electron chi connectivity index (χ0n) is 8.53. The third-order valence-corrected chi connectivity index (χ3v) is 2.44. The summed E-state index contributed by atoms with van der Waals surface area (Å²) in [6, 6.07) is 8.41. The molecule has 0 aliphatic carbocycles. The van der Waals surface area contributed by atoms with Gasteiger partial charge in [-0.3, -0.25) is 14.5 Å². The quantitative estimate of drug-likeness (QED) is 0.425. The first kappa shape index (κ1) is 10.4. The Morgan fingerprint density at radius 2 is 2.12 bits per heavy atom. The molecule has 1 heterocycles. The molecule has 2 rings (SSSR count). The van der Waals surface area contributed by atoms with Crippen LogP contribution in [0.15, 0.2) is 12.1 Å². The zero-order chi connectivity index (χ0) is 11.5. The average Bonchev–Trinajstić information content (AvgIpc) is 2.55. The summed E-state index contributed by atoms with van der Waals surface area (Å²) in [7, 11) is 0. The highest BCUT2D eigenvalue weighted by molar-refractivity contribution is 6.20. The topological polar surface area (TPSA) is 54.5 Å². The van der Waals surface area contributed by atoms with E-state index in [9.17, 15) is 14.4 Å². The Morgan fingerprint density at radius 1 is 1.31 bits per heavy atom. The summed E-state index contributed by atoms with van der Waals surface area (Å²) < 4.78 is 0. The van der Waals surface area contributed by atoms with Crippen molar-refractivity contribution in [3.63, 3.8) is 0 Å². The van der Waals surface area contributed by atoms with Gasteiger partial charge in [-0.1, -0.05) is 12.1 Å². The van der Waals surface area contributed by atoms with E-state index >= 15 is 0 Å². The lowest BCUT2D eigenvalue weighted by Crippen LogP contribution is -2.30. The van der Waals surface area contributed by atoms with Gasteiger partial charge in [-0.05, 0) is 18.6 Å². The Balaban J connectivity index is 2.18. The molecule has 0 saturated heterocycles. The lowest BCUT2D eigenvalue weighted by molar-refractivity contribution is -0.108. The molecule has 1 aromatic rings. The number of unbranched alkanes of at least 4 members (excludes halogenated alkanes) is 1. The van der Waals surface area contributed by atoms with Crippen LogP contribution >= 0.6 is 0 Å². The number of hydrogen-bond donors (Lipinski definition) is 0. The molecule has 16 heavy (non-hydrogen) atoms. The monoisotopic (exact) mass is 215 g/mol. The number of aldehydes is 1. The first-order chi connectivity index (χ1) is 7.75. The van der Waals surface area contributed by atoms with Crippen molar-refractivity contribution in [1.82, 2.24) is 4.90 Å². The Hall–Kier alpha value is -2.15. The predicted molar refractivity (Wildman–Crippen MR) is 54.8 cm³/mol. The molecule has 1 aliphatic rings. The molecule has 2 amide bonds. The number of fused-ring (bicyclic) bond motifs is 1. The molecule has 4 heteroatoms. The van der Waals surface area contributed by atoms with Crippen molar-refractivity contribution in [2.45, 2.75) is 12.8 Å². The lowest BCUT2D eigenvalue weighted by Gasteiger charge is -2.11. The number of carbonyl (C=O) groups is 3. The second-order valence-electron chi connectivity index (χ2n) is 3.46. The van der Waals surface area contributed by atoms with Crippen LogP contribution in [0.3, 0.4) is 0 Å². The van der Waals surface area contributed by atoms with E-state index in [0.29, 0.717) is 18.4 Å². The second-order valence-corrected chi connectivity index (χ2v) is 3.46.